The molecule has 0 saturated heterocycles. The molecule has 0 saturated carbocycles. The van der Waals surface area contributed by atoms with Crippen LogP contribution in [0, 0.1) is 11.8 Å². The van der Waals surface area contributed by atoms with Crippen LogP contribution in [0.15, 0.2) is 60.7 Å². The fourth-order valence-electron chi connectivity index (χ4n) is 6.64. The second kappa shape index (κ2) is 40.2. The third-order valence-electron chi connectivity index (χ3n) is 10.4. The summed E-state index contributed by atoms with van der Waals surface area (Å²) in [6, 6.07) is 15.4. The molecule has 2 aromatic carbocycles. The van der Waals surface area contributed by atoms with Gasteiger partial charge >= 0.3 is 0 Å². The number of rotatable bonds is 45. The van der Waals surface area contributed by atoms with E-state index < -0.39 is 11.8 Å². The average molecular weight is 1030 g/mol. The third-order valence-corrected chi connectivity index (χ3v) is 10.4. The van der Waals surface area contributed by atoms with E-state index >= 15 is 0 Å². The smallest absolute Gasteiger partial charge is 0.253 e. The number of carbonyl (C=O) groups excluding carboxylic acids is 5. The van der Waals surface area contributed by atoms with Gasteiger partial charge in [-0.1, -0.05) is 42.2 Å². The summed E-state index contributed by atoms with van der Waals surface area (Å²) in [4.78, 5) is 63.2. The molecular formula is C52H74N4O17. The van der Waals surface area contributed by atoms with Crippen molar-refractivity contribution in [3.63, 3.8) is 0 Å². The Balaban J connectivity index is 0.771. The Morgan fingerprint density at radius 2 is 0.795 bits per heavy atom. The van der Waals surface area contributed by atoms with Crippen molar-refractivity contribution in [1.29, 1.82) is 0 Å². The molecule has 21 nitrogen and oxygen atoms in total. The molecule has 0 bridgehead atoms. The number of imide groups is 1. The van der Waals surface area contributed by atoms with Gasteiger partial charge < -0.3 is 72.4 Å². The Bertz CT molecular complexity index is 1960. The Labute approximate surface area is 428 Å². The molecule has 0 radical (unpaired) electrons. The predicted octanol–water partition coefficient (Wildman–Crippen LogP) is 1.46. The molecule has 0 aliphatic carbocycles. The molecule has 0 fully saturated rings. The molecule has 0 atom stereocenters. The summed E-state index contributed by atoms with van der Waals surface area (Å²) in [7, 11) is 0. The van der Waals surface area contributed by atoms with E-state index in [1.165, 1.54) is 12.2 Å². The fraction of sp³-hybridized carbons (Fsp3) is 0.596. The van der Waals surface area contributed by atoms with Crippen molar-refractivity contribution >= 4 is 35.2 Å². The molecule has 73 heavy (non-hydrogen) atoms. The Kier molecular flexibility index (Phi) is 33.3. The minimum atomic E-state index is -0.403. The van der Waals surface area contributed by atoms with Crippen LogP contribution in [0.4, 0.5) is 5.69 Å². The van der Waals surface area contributed by atoms with Gasteiger partial charge in [-0.3, -0.25) is 28.9 Å². The summed E-state index contributed by atoms with van der Waals surface area (Å²) in [5.41, 5.74) is 3.44. The highest BCUT2D eigenvalue weighted by molar-refractivity contribution is 6.13. The van der Waals surface area contributed by atoms with Crippen LogP contribution < -0.4 is 15.5 Å². The van der Waals surface area contributed by atoms with Crippen LogP contribution in [-0.4, -0.2) is 213 Å². The monoisotopic (exact) mass is 1030 g/mol. The molecular weight excluding hydrogens is 953 g/mol. The first kappa shape index (κ1) is 60.4. The number of fused-ring (bicyclic) bond motifs is 2. The first-order valence-electron chi connectivity index (χ1n) is 24.9. The van der Waals surface area contributed by atoms with Crippen molar-refractivity contribution in [3.05, 3.63) is 77.4 Å². The first-order chi connectivity index (χ1) is 35.9. The lowest BCUT2D eigenvalue weighted by Crippen LogP contribution is -2.35. The normalized spacial score (nSPS) is 12.8. The number of ether oxygens (including phenoxy) is 12. The number of nitrogens with one attached hydrogen (secondary N) is 2. The van der Waals surface area contributed by atoms with Gasteiger partial charge in [0, 0.05) is 62.2 Å². The van der Waals surface area contributed by atoms with Gasteiger partial charge in [-0.25, -0.2) is 0 Å². The highest BCUT2D eigenvalue weighted by atomic mass is 16.6. The SMILES string of the molecule is O=C(CCOCCOCCOCCOCCOCCOCCOCCOCCOCCOCCOCCOCCNC(=O)CCN1C(=O)C=CC1=O)NCCC(=O)N1Cc2ccccc2C#Cc2ccccc21. The highest BCUT2D eigenvalue weighted by Crippen LogP contribution is 2.26. The molecule has 21 heteroatoms. The summed E-state index contributed by atoms with van der Waals surface area (Å²) in [6.45, 7) is 11.1. The summed E-state index contributed by atoms with van der Waals surface area (Å²) >= 11 is 0. The maximum Gasteiger partial charge on any atom is 0.253 e. The quantitative estimate of drug-likeness (QED) is 0.0544. The third kappa shape index (κ3) is 28.2. The minimum absolute atomic E-state index is 0.0438. The average Bonchev–Trinajstić information content (AvgIpc) is 3.72. The van der Waals surface area contributed by atoms with Crippen LogP contribution >= 0.6 is 0 Å². The van der Waals surface area contributed by atoms with Crippen LogP contribution in [0.5, 0.6) is 0 Å². The molecule has 2 heterocycles. The first-order valence-corrected chi connectivity index (χ1v) is 24.9. The number of carbonyl (C=O) groups is 5. The topological polar surface area (TPSA) is 227 Å². The number of hydrogen-bond donors (Lipinski definition) is 2. The zero-order chi connectivity index (χ0) is 51.7. The Hall–Kier alpha value is -5.19. The van der Waals surface area contributed by atoms with E-state index in [-0.39, 0.29) is 56.7 Å². The maximum atomic E-state index is 13.3. The Morgan fingerprint density at radius 3 is 1.27 bits per heavy atom. The number of hydrogen-bond acceptors (Lipinski definition) is 17. The lowest BCUT2D eigenvalue weighted by Gasteiger charge is -2.26. The van der Waals surface area contributed by atoms with Crippen LogP contribution in [0.2, 0.25) is 0 Å². The number of para-hydroxylation sites is 1. The second-order valence-electron chi connectivity index (χ2n) is 15.9. The molecule has 2 aliphatic heterocycles. The second-order valence-corrected chi connectivity index (χ2v) is 15.9. The zero-order valence-corrected chi connectivity index (χ0v) is 42.0. The summed E-state index contributed by atoms with van der Waals surface area (Å²) < 4.78 is 65.9. The van der Waals surface area contributed by atoms with Crippen LogP contribution in [-0.2, 0) is 87.4 Å². The summed E-state index contributed by atoms with van der Waals surface area (Å²) in [6.07, 6.45) is 2.77. The highest BCUT2D eigenvalue weighted by Gasteiger charge is 2.24. The van der Waals surface area contributed by atoms with Gasteiger partial charge in [-0.15, -0.1) is 0 Å². The van der Waals surface area contributed by atoms with Gasteiger partial charge in [-0.05, 0) is 23.8 Å². The predicted molar refractivity (Wildman–Crippen MR) is 266 cm³/mol. The van der Waals surface area contributed by atoms with Gasteiger partial charge in [0.15, 0.2) is 0 Å². The van der Waals surface area contributed by atoms with Crippen molar-refractivity contribution in [1.82, 2.24) is 15.5 Å². The molecule has 2 aromatic rings. The van der Waals surface area contributed by atoms with E-state index in [9.17, 15) is 24.0 Å². The lowest BCUT2D eigenvalue weighted by atomic mass is 10.0. The number of benzene rings is 2. The molecule has 4 rings (SSSR count). The lowest BCUT2D eigenvalue weighted by molar-refractivity contribution is -0.137. The molecule has 0 aromatic heterocycles. The van der Waals surface area contributed by atoms with E-state index in [0.717, 1.165) is 27.3 Å². The van der Waals surface area contributed by atoms with Gasteiger partial charge in [0.2, 0.25) is 17.7 Å². The van der Waals surface area contributed by atoms with Gasteiger partial charge in [-0.2, -0.15) is 0 Å². The molecule has 404 valence electrons. The summed E-state index contributed by atoms with van der Waals surface area (Å²) in [5.74, 6) is 5.08. The molecule has 0 spiro atoms. The van der Waals surface area contributed by atoms with E-state index in [4.69, 9.17) is 56.8 Å². The van der Waals surface area contributed by atoms with Gasteiger partial charge in [0.25, 0.3) is 11.8 Å². The maximum absolute atomic E-state index is 13.3. The van der Waals surface area contributed by atoms with E-state index in [2.05, 4.69) is 22.5 Å². The number of nitrogens with zero attached hydrogens (tertiary/aromatic N) is 2. The largest absolute Gasteiger partial charge is 0.379 e. The zero-order valence-electron chi connectivity index (χ0n) is 42.0. The summed E-state index contributed by atoms with van der Waals surface area (Å²) in [5, 5.41) is 5.50. The number of amides is 5. The molecule has 2 N–H and O–H groups in total. The van der Waals surface area contributed by atoms with Crippen molar-refractivity contribution in [3.8, 4) is 11.8 Å². The molecule has 5 amide bonds. The molecule has 2 aliphatic rings. The van der Waals surface area contributed by atoms with Crippen LogP contribution in [0.25, 0.3) is 0 Å². The fourth-order valence-corrected chi connectivity index (χ4v) is 6.64. The van der Waals surface area contributed by atoms with Gasteiger partial charge in [0.1, 0.15) is 0 Å². The standard InChI is InChI=1S/C52H74N4O17/c57-48(14-18-55-50(59)11-12-51(55)60)54-17-20-63-22-24-65-26-28-67-30-32-69-34-36-71-38-40-73-42-41-72-39-37-70-35-33-68-31-29-66-27-25-64-23-21-62-19-15-49(58)53-16-13-52(61)56-43-46-7-2-1-5-44(46)9-10-45-6-3-4-8-47(45)56/h1-8,11-12H,13-43H2,(H,53,58)(H,54,57). The van der Waals surface area contributed by atoms with E-state index in [1.54, 1.807) is 4.90 Å². The molecule has 0 unspecified atom stereocenters. The van der Waals surface area contributed by atoms with Crippen molar-refractivity contribution in [2.45, 2.75) is 25.8 Å². The van der Waals surface area contributed by atoms with Crippen molar-refractivity contribution in [2.75, 3.05) is 183 Å². The van der Waals surface area contributed by atoms with Gasteiger partial charge in [0.05, 0.1) is 171 Å². The van der Waals surface area contributed by atoms with Crippen LogP contribution in [0.1, 0.15) is 36.0 Å². The van der Waals surface area contributed by atoms with E-state index in [1.807, 2.05) is 48.5 Å². The number of anilines is 1. The van der Waals surface area contributed by atoms with Crippen molar-refractivity contribution in [2.24, 2.45) is 0 Å². The Morgan fingerprint density at radius 1 is 0.425 bits per heavy atom. The minimum Gasteiger partial charge on any atom is -0.379 e. The van der Waals surface area contributed by atoms with Crippen molar-refractivity contribution < 1.29 is 80.8 Å². The van der Waals surface area contributed by atoms with Crippen LogP contribution in [0.3, 0.4) is 0 Å². The van der Waals surface area contributed by atoms with E-state index in [0.29, 0.717) is 165 Å².